The largest absolute Gasteiger partial charge is 0.393 e. The van der Waals surface area contributed by atoms with Gasteiger partial charge in [-0.05, 0) is 24.7 Å². The summed E-state index contributed by atoms with van der Waals surface area (Å²) < 4.78 is -0.0282. The first-order chi connectivity index (χ1) is 5.41. The van der Waals surface area contributed by atoms with Gasteiger partial charge in [-0.1, -0.05) is 27.2 Å². The van der Waals surface area contributed by atoms with Gasteiger partial charge in [-0.3, -0.25) is 0 Å². The number of aliphatic hydroxyl groups excluding tert-OH is 1. The van der Waals surface area contributed by atoms with Crippen LogP contribution in [0.3, 0.4) is 0 Å². The smallest absolute Gasteiger partial charge is 0.0583 e. The van der Waals surface area contributed by atoms with Gasteiger partial charge in [0.05, 0.1) is 6.10 Å². The van der Waals surface area contributed by atoms with Crippen molar-refractivity contribution in [3.8, 4) is 0 Å². The Morgan fingerprint density at radius 2 is 1.92 bits per heavy atom. The zero-order chi connectivity index (χ0) is 9.35. The minimum absolute atomic E-state index is 0.0282. The van der Waals surface area contributed by atoms with Crippen molar-refractivity contribution in [1.29, 1.82) is 0 Å². The monoisotopic (exact) mass is 188 g/mol. The Morgan fingerprint density at radius 3 is 2.33 bits per heavy atom. The fourth-order valence-electron chi connectivity index (χ4n) is 2.17. The van der Waals surface area contributed by atoms with Crippen LogP contribution in [0.5, 0.6) is 0 Å². The lowest BCUT2D eigenvalue weighted by molar-refractivity contribution is 0.0353. The van der Waals surface area contributed by atoms with Crippen LogP contribution in [0.25, 0.3) is 0 Å². The molecule has 12 heavy (non-hydrogen) atoms. The van der Waals surface area contributed by atoms with Crippen molar-refractivity contribution in [2.24, 2.45) is 11.8 Å². The highest BCUT2D eigenvalue weighted by atomic mass is 32.1. The van der Waals surface area contributed by atoms with E-state index in [2.05, 4.69) is 33.4 Å². The van der Waals surface area contributed by atoms with Crippen LogP contribution in [0.2, 0.25) is 0 Å². The highest BCUT2D eigenvalue weighted by Gasteiger charge is 2.35. The molecule has 0 aromatic heterocycles. The fraction of sp³-hybridized carbons (Fsp3) is 1.00. The Hall–Kier alpha value is 0.310. The average molecular weight is 188 g/mol. The van der Waals surface area contributed by atoms with Crippen LogP contribution in [-0.2, 0) is 0 Å². The van der Waals surface area contributed by atoms with Crippen molar-refractivity contribution >= 4 is 12.6 Å². The summed E-state index contributed by atoms with van der Waals surface area (Å²) in [6.45, 7) is 6.41. The van der Waals surface area contributed by atoms with Gasteiger partial charge in [-0.2, -0.15) is 12.6 Å². The third-order valence-electron chi connectivity index (χ3n) is 2.99. The highest BCUT2D eigenvalue weighted by Crippen LogP contribution is 2.38. The van der Waals surface area contributed by atoms with Gasteiger partial charge >= 0.3 is 0 Å². The Morgan fingerprint density at radius 1 is 1.33 bits per heavy atom. The molecular weight excluding hydrogens is 168 g/mol. The molecule has 1 fully saturated rings. The van der Waals surface area contributed by atoms with E-state index in [4.69, 9.17) is 0 Å². The topological polar surface area (TPSA) is 20.2 Å². The van der Waals surface area contributed by atoms with E-state index in [9.17, 15) is 5.11 Å². The van der Waals surface area contributed by atoms with Gasteiger partial charge in [0.25, 0.3) is 0 Å². The second-order valence-electron chi connectivity index (χ2n) is 4.75. The van der Waals surface area contributed by atoms with Gasteiger partial charge in [0.15, 0.2) is 0 Å². The molecule has 1 aliphatic rings. The molecule has 0 aromatic rings. The highest BCUT2D eigenvalue weighted by molar-refractivity contribution is 7.81. The third-order valence-corrected chi connectivity index (χ3v) is 3.32. The van der Waals surface area contributed by atoms with E-state index in [0.717, 1.165) is 12.8 Å². The molecule has 0 heterocycles. The molecule has 1 saturated carbocycles. The molecule has 0 aromatic carbocycles. The number of hydrogen-bond donors (Lipinski definition) is 2. The molecule has 0 radical (unpaired) electrons. The Labute approximate surface area is 81.0 Å². The van der Waals surface area contributed by atoms with E-state index in [1.807, 2.05) is 0 Å². The molecule has 0 amide bonds. The molecule has 72 valence electrons. The summed E-state index contributed by atoms with van der Waals surface area (Å²) in [5, 5.41) is 9.83. The van der Waals surface area contributed by atoms with Gasteiger partial charge in [0, 0.05) is 4.75 Å². The first-order valence-electron chi connectivity index (χ1n) is 4.81. The Balaban J connectivity index is 2.57. The molecular formula is C10H20OS. The third kappa shape index (κ3) is 2.40. The number of rotatable bonds is 1. The summed E-state index contributed by atoms with van der Waals surface area (Å²) in [6, 6.07) is 0. The average Bonchev–Trinajstić information content (AvgIpc) is 1.83. The van der Waals surface area contributed by atoms with Crippen LogP contribution < -0.4 is 0 Å². The second kappa shape index (κ2) is 3.59. The van der Waals surface area contributed by atoms with E-state index in [1.54, 1.807) is 0 Å². The lowest BCUT2D eigenvalue weighted by Crippen LogP contribution is -2.39. The van der Waals surface area contributed by atoms with Gasteiger partial charge in [-0.25, -0.2) is 0 Å². The van der Waals surface area contributed by atoms with Crippen LogP contribution in [0.15, 0.2) is 0 Å². The first kappa shape index (κ1) is 10.4. The molecule has 0 bridgehead atoms. The molecule has 0 aliphatic heterocycles. The summed E-state index contributed by atoms with van der Waals surface area (Å²) in [5.74, 6) is 1.06. The van der Waals surface area contributed by atoms with Crippen LogP contribution in [-0.4, -0.2) is 16.0 Å². The van der Waals surface area contributed by atoms with Gasteiger partial charge < -0.3 is 5.11 Å². The quantitative estimate of drug-likeness (QED) is 0.606. The van der Waals surface area contributed by atoms with E-state index in [-0.39, 0.29) is 10.9 Å². The molecule has 1 aliphatic carbocycles. The van der Waals surface area contributed by atoms with Gasteiger partial charge in [-0.15, -0.1) is 0 Å². The molecule has 1 N–H and O–H groups in total. The van der Waals surface area contributed by atoms with Gasteiger partial charge in [0.1, 0.15) is 0 Å². The lowest BCUT2D eigenvalue weighted by Gasteiger charge is -2.39. The van der Waals surface area contributed by atoms with Crippen LogP contribution in [0.1, 0.15) is 40.0 Å². The molecule has 0 saturated heterocycles. The minimum Gasteiger partial charge on any atom is -0.393 e. The van der Waals surface area contributed by atoms with Crippen molar-refractivity contribution in [2.45, 2.75) is 50.9 Å². The molecule has 0 spiro atoms. The maximum absolute atomic E-state index is 9.83. The maximum atomic E-state index is 9.83. The number of hydrogen-bond acceptors (Lipinski definition) is 2. The van der Waals surface area contributed by atoms with Crippen LogP contribution in [0, 0.1) is 11.8 Å². The van der Waals surface area contributed by atoms with Crippen molar-refractivity contribution in [2.75, 3.05) is 0 Å². The van der Waals surface area contributed by atoms with Crippen molar-refractivity contribution in [3.63, 3.8) is 0 Å². The Bertz CT molecular complexity index is 150. The summed E-state index contributed by atoms with van der Waals surface area (Å²) in [6.07, 6.45) is 3.18. The van der Waals surface area contributed by atoms with Crippen molar-refractivity contribution < 1.29 is 5.11 Å². The van der Waals surface area contributed by atoms with Crippen molar-refractivity contribution in [1.82, 2.24) is 0 Å². The standard InChI is InChI=1S/C10H20OS/c1-7-4-5-8(9(11)6-7)10(2,3)12/h7-9,11-12H,4-6H2,1-3H3/t7-,8+,9-/m1/s1. The molecule has 3 atom stereocenters. The number of thiol groups is 1. The normalized spacial score (nSPS) is 38.2. The van der Waals surface area contributed by atoms with E-state index in [1.165, 1.54) is 6.42 Å². The summed E-state index contributed by atoms with van der Waals surface area (Å²) in [5.41, 5.74) is 0. The summed E-state index contributed by atoms with van der Waals surface area (Å²) >= 11 is 4.53. The Kier molecular flexibility index (Phi) is 3.11. The minimum atomic E-state index is -0.138. The molecule has 1 rings (SSSR count). The first-order valence-corrected chi connectivity index (χ1v) is 5.26. The summed E-state index contributed by atoms with van der Waals surface area (Å²) in [7, 11) is 0. The molecule has 0 unspecified atom stereocenters. The van der Waals surface area contributed by atoms with Gasteiger partial charge in [0.2, 0.25) is 0 Å². The van der Waals surface area contributed by atoms with E-state index < -0.39 is 0 Å². The second-order valence-corrected chi connectivity index (χ2v) is 5.90. The zero-order valence-electron chi connectivity index (χ0n) is 8.25. The predicted octanol–water partition coefficient (Wildman–Crippen LogP) is 2.49. The van der Waals surface area contributed by atoms with Crippen LogP contribution in [0.4, 0.5) is 0 Å². The SMILES string of the molecule is C[C@@H]1CC[C@H](C(C)(C)S)[C@H](O)C1. The van der Waals surface area contributed by atoms with E-state index >= 15 is 0 Å². The zero-order valence-corrected chi connectivity index (χ0v) is 9.14. The molecule has 2 heteroatoms. The predicted molar refractivity (Wildman–Crippen MR) is 55.6 cm³/mol. The number of aliphatic hydroxyl groups is 1. The maximum Gasteiger partial charge on any atom is 0.0583 e. The lowest BCUT2D eigenvalue weighted by atomic mass is 9.75. The van der Waals surface area contributed by atoms with Crippen LogP contribution >= 0.6 is 12.6 Å². The molecule has 1 nitrogen and oxygen atoms in total. The summed E-state index contributed by atoms with van der Waals surface area (Å²) in [4.78, 5) is 0. The fourth-order valence-corrected chi connectivity index (χ4v) is 2.48. The van der Waals surface area contributed by atoms with Crippen molar-refractivity contribution in [3.05, 3.63) is 0 Å². The van der Waals surface area contributed by atoms with E-state index in [0.29, 0.717) is 11.8 Å².